The summed E-state index contributed by atoms with van der Waals surface area (Å²) >= 11 is 0. The zero-order valence-electron chi connectivity index (χ0n) is 17.0. The van der Waals surface area contributed by atoms with Crippen molar-refractivity contribution in [2.24, 2.45) is 5.10 Å². The van der Waals surface area contributed by atoms with Gasteiger partial charge < -0.3 is 14.2 Å². The molecule has 1 amide bonds. The van der Waals surface area contributed by atoms with Crippen LogP contribution in [0.15, 0.2) is 77.9 Å². The number of nitrogens with one attached hydrogen (secondary N) is 1. The van der Waals surface area contributed by atoms with Crippen molar-refractivity contribution in [3.63, 3.8) is 0 Å². The van der Waals surface area contributed by atoms with Gasteiger partial charge in [0.25, 0.3) is 5.91 Å². The van der Waals surface area contributed by atoms with Crippen LogP contribution in [-0.4, -0.2) is 25.8 Å². The van der Waals surface area contributed by atoms with E-state index in [0.717, 1.165) is 16.9 Å². The van der Waals surface area contributed by atoms with Gasteiger partial charge >= 0.3 is 0 Å². The lowest BCUT2D eigenvalue weighted by molar-refractivity contribution is 0.0955. The van der Waals surface area contributed by atoms with Gasteiger partial charge in [-0.1, -0.05) is 30.3 Å². The number of hydrogen-bond acceptors (Lipinski definition) is 5. The number of para-hydroxylation sites is 1. The Morgan fingerprint density at radius 1 is 0.967 bits per heavy atom. The summed E-state index contributed by atoms with van der Waals surface area (Å²) in [5, 5.41) is 4.03. The fourth-order valence-corrected chi connectivity index (χ4v) is 2.71. The summed E-state index contributed by atoms with van der Waals surface area (Å²) in [6.45, 7) is 2.86. The van der Waals surface area contributed by atoms with E-state index in [4.69, 9.17) is 14.2 Å². The Balaban J connectivity index is 1.55. The summed E-state index contributed by atoms with van der Waals surface area (Å²) in [6, 6.07) is 22.2. The highest BCUT2D eigenvalue weighted by Crippen LogP contribution is 2.27. The van der Waals surface area contributed by atoms with Crippen LogP contribution in [0, 0.1) is 0 Å². The maximum Gasteiger partial charge on any atom is 0.271 e. The highest BCUT2D eigenvalue weighted by atomic mass is 16.5. The SMILES string of the molecule is CCOc1cc(/C=N\NC(=O)c2ccc(COc3ccccc3)cc2)ccc1OC. The average Bonchev–Trinajstić information content (AvgIpc) is 2.79. The highest BCUT2D eigenvalue weighted by molar-refractivity contribution is 5.94. The lowest BCUT2D eigenvalue weighted by Gasteiger charge is -2.09. The molecular weight excluding hydrogens is 380 g/mol. The van der Waals surface area contributed by atoms with Crippen LogP contribution in [0.2, 0.25) is 0 Å². The molecule has 0 aliphatic carbocycles. The Morgan fingerprint density at radius 3 is 2.43 bits per heavy atom. The van der Waals surface area contributed by atoms with Crippen molar-refractivity contribution in [2.75, 3.05) is 13.7 Å². The molecule has 3 aromatic carbocycles. The second kappa shape index (κ2) is 10.7. The van der Waals surface area contributed by atoms with Crippen LogP contribution in [0.4, 0.5) is 0 Å². The predicted molar refractivity (Wildman–Crippen MR) is 116 cm³/mol. The quantitative estimate of drug-likeness (QED) is 0.423. The van der Waals surface area contributed by atoms with Gasteiger partial charge in [0.15, 0.2) is 11.5 Å². The standard InChI is InChI=1S/C24H24N2O4/c1-3-29-23-15-19(11-14-22(23)28-2)16-25-26-24(27)20-12-9-18(10-13-20)17-30-21-7-5-4-6-8-21/h4-16H,3,17H2,1-2H3,(H,26,27)/b25-16-. The molecule has 0 aliphatic rings. The minimum Gasteiger partial charge on any atom is -0.493 e. The molecule has 0 saturated carbocycles. The molecule has 0 fully saturated rings. The first kappa shape index (κ1) is 20.9. The second-order valence-electron chi connectivity index (χ2n) is 6.34. The van der Waals surface area contributed by atoms with Crippen molar-refractivity contribution >= 4 is 12.1 Å². The van der Waals surface area contributed by atoms with E-state index in [1.54, 1.807) is 37.6 Å². The molecule has 0 aliphatic heterocycles. The first-order valence-electron chi connectivity index (χ1n) is 9.60. The maximum absolute atomic E-state index is 12.3. The minimum absolute atomic E-state index is 0.291. The monoisotopic (exact) mass is 404 g/mol. The van der Waals surface area contributed by atoms with Crippen molar-refractivity contribution in [3.05, 3.63) is 89.5 Å². The Morgan fingerprint density at radius 2 is 1.73 bits per heavy atom. The number of benzene rings is 3. The molecule has 0 aromatic heterocycles. The van der Waals surface area contributed by atoms with E-state index >= 15 is 0 Å². The zero-order chi connectivity index (χ0) is 21.2. The van der Waals surface area contributed by atoms with Gasteiger partial charge in [0, 0.05) is 5.56 Å². The van der Waals surface area contributed by atoms with Crippen LogP contribution in [0.5, 0.6) is 17.2 Å². The van der Waals surface area contributed by atoms with Crippen LogP contribution >= 0.6 is 0 Å². The van der Waals surface area contributed by atoms with E-state index in [1.807, 2.05) is 55.5 Å². The fraction of sp³-hybridized carbons (Fsp3) is 0.167. The molecule has 30 heavy (non-hydrogen) atoms. The minimum atomic E-state index is -0.291. The Kier molecular flexibility index (Phi) is 7.44. The molecule has 0 bridgehead atoms. The van der Waals surface area contributed by atoms with Gasteiger partial charge in [0.05, 0.1) is 19.9 Å². The van der Waals surface area contributed by atoms with E-state index in [0.29, 0.717) is 30.3 Å². The van der Waals surface area contributed by atoms with Crippen LogP contribution in [-0.2, 0) is 6.61 Å². The van der Waals surface area contributed by atoms with Crippen LogP contribution < -0.4 is 19.6 Å². The number of carbonyl (C=O) groups is 1. The summed E-state index contributed by atoms with van der Waals surface area (Å²) in [7, 11) is 1.59. The smallest absolute Gasteiger partial charge is 0.271 e. The molecule has 0 atom stereocenters. The lowest BCUT2D eigenvalue weighted by atomic mass is 10.1. The number of amides is 1. The van der Waals surface area contributed by atoms with Gasteiger partial charge in [-0.25, -0.2) is 5.43 Å². The molecule has 0 saturated heterocycles. The maximum atomic E-state index is 12.3. The molecule has 154 valence electrons. The van der Waals surface area contributed by atoms with Gasteiger partial charge in [-0.05, 0) is 60.5 Å². The van der Waals surface area contributed by atoms with Gasteiger partial charge in [0.1, 0.15) is 12.4 Å². The molecule has 0 spiro atoms. The van der Waals surface area contributed by atoms with E-state index in [1.165, 1.54) is 0 Å². The van der Waals surface area contributed by atoms with E-state index in [-0.39, 0.29) is 5.91 Å². The largest absolute Gasteiger partial charge is 0.493 e. The number of rotatable bonds is 9. The van der Waals surface area contributed by atoms with Gasteiger partial charge in [-0.3, -0.25) is 4.79 Å². The van der Waals surface area contributed by atoms with Gasteiger partial charge in [0.2, 0.25) is 0 Å². The third kappa shape index (κ3) is 5.85. The molecule has 1 N–H and O–H groups in total. The van der Waals surface area contributed by atoms with Crippen molar-refractivity contribution < 1.29 is 19.0 Å². The highest BCUT2D eigenvalue weighted by Gasteiger charge is 2.06. The summed E-state index contributed by atoms with van der Waals surface area (Å²) < 4.78 is 16.5. The van der Waals surface area contributed by atoms with Crippen molar-refractivity contribution in [1.82, 2.24) is 5.43 Å². The Hall–Kier alpha value is -3.80. The Bertz CT molecular complexity index is 986. The molecule has 3 rings (SSSR count). The number of hydrogen-bond donors (Lipinski definition) is 1. The fourth-order valence-electron chi connectivity index (χ4n) is 2.71. The summed E-state index contributed by atoms with van der Waals surface area (Å²) in [6.07, 6.45) is 1.56. The summed E-state index contributed by atoms with van der Waals surface area (Å²) in [5.41, 5.74) is 4.80. The summed E-state index contributed by atoms with van der Waals surface area (Å²) in [4.78, 5) is 12.3. The first-order valence-corrected chi connectivity index (χ1v) is 9.60. The van der Waals surface area contributed by atoms with Crippen molar-refractivity contribution in [1.29, 1.82) is 0 Å². The average molecular weight is 404 g/mol. The van der Waals surface area contributed by atoms with E-state index in [9.17, 15) is 4.79 Å². The normalized spacial score (nSPS) is 10.6. The molecule has 0 heterocycles. The topological polar surface area (TPSA) is 69.2 Å². The lowest BCUT2D eigenvalue weighted by Crippen LogP contribution is -2.17. The predicted octanol–water partition coefficient (Wildman–Crippen LogP) is 4.44. The molecule has 6 nitrogen and oxygen atoms in total. The van der Waals surface area contributed by atoms with E-state index < -0.39 is 0 Å². The number of carbonyl (C=O) groups excluding carboxylic acids is 1. The van der Waals surface area contributed by atoms with E-state index in [2.05, 4.69) is 10.5 Å². The first-order chi connectivity index (χ1) is 14.7. The Labute approximate surface area is 176 Å². The van der Waals surface area contributed by atoms with Gasteiger partial charge in [-0.15, -0.1) is 0 Å². The van der Waals surface area contributed by atoms with Crippen molar-refractivity contribution in [2.45, 2.75) is 13.5 Å². The number of hydrazone groups is 1. The summed E-state index contributed by atoms with van der Waals surface area (Å²) in [5.74, 6) is 1.79. The third-order valence-electron chi connectivity index (χ3n) is 4.23. The number of methoxy groups -OCH3 is 1. The molecular formula is C24H24N2O4. The second-order valence-corrected chi connectivity index (χ2v) is 6.34. The zero-order valence-corrected chi connectivity index (χ0v) is 17.0. The number of nitrogens with zero attached hydrogens (tertiary/aromatic N) is 1. The number of ether oxygens (including phenoxy) is 3. The van der Waals surface area contributed by atoms with Crippen LogP contribution in [0.1, 0.15) is 28.4 Å². The molecule has 3 aromatic rings. The van der Waals surface area contributed by atoms with Crippen LogP contribution in [0.25, 0.3) is 0 Å². The van der Waals surface area contributed by atoms with Gasteiger partial charge in [-0.2, -0.15) is 5.10 Å². The molecule has 0 radical (unpaired) electrons. The third-order valence-corrected chi connectivity index (χ3v) is 4.23. The van der Waals surface area contributed by atoms with Crippen molar-refractivity contribution in [3.8, 4) is 17.2 Å². The molecule has 6 heteroatoms. The van der Waals surface area contributed by atoms with Crippen LogP contribution in [0.3, 0.4) is 0 Å². The molecule has 0 unspecified atom stereocenters.